The SMILES string of the molecule is CCCN1C(=O)[C@H](CC(=O)Nc2ccccc2F)SC1=Nc1ccccc1OC. The number of hydrogen-bond donors (Lipinski definition) is 1. The number of anilines is 1. The van der Waals surface area contributed by atoms with Crippen molar-refractivity contribution in [3.8, 4) is 5.75 Å². The lowest BCUT2D eigenvalue weighted by Crippen LogP contribution is -2.34. The Hall–Kier alpha value is -2.87. The number of carbonyl (C=O) groups is 2. The van der Waals surface area contributed by atoms with E-state index in [9.17, 15) is 14.0 Å². The van der Waals surface area contributed by atoms with Crippen molar-refractivity contribution in [2.24, 2.45) is 4.99 Å². The molecule has 2 aromatic rings. The van der Waals surface area contributed by atoms with Gasteiger partial charge in [0.1, 0.15) is 22.5 Å². The maximum Gasteiger partial charge on any atom is 0.242 e. The molecule has 0 aliphatic carbocycles. The molecule has 6 nitrogen and oxygen atoms in total. The molecule has 1 heterocycles. The summed E-state index contributed by atoms with van der Waals surface area (Å²) in [4.78, 5) is 31.4. The monoisotopic (exact) mass is 415 g/mol. The van der Waals surface area contributed by atoms with Crippen LogP contribution in [-0.4, -0.2) is 40.8 Å². The normalized spacial score (nSPS) is 17.6. The van der Waals surface area contributed by atoms with E-state index in [-0.39, 0.29) is 18.0 Å². The van der Waals surface area contributed by atoms with Gasteiger partial charge in [0.05, 0.1) is 12.8 Å². The maximum absolute atomic E-state index is 13.8. The number of carbonyl (C=O) groups excluding carboxylic acids is 2. The van der Waals surface area contributed by atoms with E-state index in [2.05, 4.69) is 10.3 Å². The highest BCUT2D eigenvalue weighted by Gasteiger charge is 2.38. The predicted octanol–water partition coefficient (Wildman–Crippen LogP) is 4.20. The first kappa shape index (κ1) is 20.9. The van der Waals surface area contributed by atoms with Gasteiger partial charge in [-0.2, -0.15) is 0 Å². The zero-order chi connectivity index (χ0) is 20.8. The van der Waals surface area contributed by atoms with Gasteiger partial charge in [-0.3, -0.25) is 14.5 Å². The van der Waals surface area contributed by atoms with Gasteiger partial charge in [-0.15, -0.1) is 0 Å². The van der Waals surface area contributed by atoms with Gasteiger partial charge >= 0.3 is 0 Å². The second kappa shape index (κ2) is 9.56. The van der Waals surface area contributed by atoms with E-state index in [1.54, 1.807) is 36.3 Å². The van der Waals surface area contributed by atoms with Crippen molar-refractivity contribution in [3.63, 3.8) is 0 Å². The summed E-state index contributed by atoms with van der Waals surface area (Å²) in [5, 5.41) is 2.45. The summed E-state index contributed by atoms with van der Waals surface area (Å²) in [6, 6.07) is 13.2. The van der Waals surface area contributed by atoms with Gasteiger partial charge in [0.25, 0.3) is 0 Å². The summed E-state index contributed by atoms with van der Waals surface area (Å²) in [6.07, 6.45) is 0.689. The van der Waals surface area contributed by atoms with Crippen LogP contribution in [0, 0.1) is 5.82 Å². The van der Waals surface area contributed by atoms with Gasteiger partial charge in [0.15, 0.2) is 5.17 Å². The van der Waals surface area contributed by atoms with Crippen LogP contribution in [0.1, 0.15) is 19.8 Å². The van der Waals surface area contributed by atoms with E-state index in [1.165, 1.54) is 23.9 Å². The number of thioether (sulfide) groups is 1. The Morgan fingerprint density at radius 1 is 1.24 bits per heavy atom. The molecule has 0 saturated carbocycles. The molecule has 1 atom stereocenters. The lowest BCUT2D eigenvalue weighted by Gasteiger charge is -2.15. The van der Waals surface area contributed by atoms with Crippen LogP contribution in [-0.2, 0) is 9.59 Å². The molecule has 0 aromatic heterocycles. The minimum Gasteiger partial charge on any atom is -0.494 e. The van der Waals surface area contributed by atoms with Crippen molar-refractivity contribution >= 4 is 40.1 Å². The Kier molecular flexibility index (Phi) is 6.87. The highest BCUT2D eigenvalue weighted by molar-refractivity contribution is 8.15. The molecule has 152 valence electrons. The van der Waals surface area contributed by atoms with Crippen LogP contribution in [0.4, 0.5) is 15.8 Å². The first-order chi connectivity index (χ1) is 14.0. The first-order valence-electron chi connectivity index (χ1n) is 9.27. The summed E-state index contributed by atoms with van der Waals surface area (Å²) < 4.78 is 19.1. The number of methoxy groups -OCH3 is 1. The van der Waals surface area contributed by atoms with E-state index in [0.29, 0.717) is 23.1 Å². The molecule has 1 N–H and O–H groups in total. The topological polar surface area (TPSA) is 71.0 Å². The predicted molar refractivity (Wildman–Crippen MR) is 113 cm³/mol. The minimum atomic E-state index is -0.609. The quantitative estimate of drug-likeness (QED) is 0.736. The Balaban J connectivity index is 1.77. The fraction of sp³-hybridized carbons (Fsp3) is 0.286. The zero-order valence-electron chi connectivity index (χ0n) is 16.2. The van der Waals surface area contributed by atoms with Crippen LogP contribution in [0.5, 0.6) is 5.75 Å². The van der Waals surface area contributed by atoms with E-state index in [1.807, 2.05) is 19.1 Å². The van der Waals surface area contributed by atoms with Gasteiger partial charge in [0, 0.05) is 13.0 Å². The van der Waals surface area contributed by atoms with Crippen molar-refractivity contribution in [1.29, 1.82) is 0 Å². The number of hydrogen-bond acceptors (Lipinski definition) is 5. The largest absolute Gasteiger partial charge is 0.494 e. The molecule has 1 aliphatic heterocycles. The van der Waals surface area contributed by atoms with E-state index < -0.39 is 17.0 Å². The number of nitrogens with one attached hydrogen (secondary N) is 1. The number of aliphatic imine (C=N–C) groups is 1. The Labute approximate surface area is 173 Å². The molecule has 8 heteroatoms. The second-order valence-corrected chi connectivity index (χ2v) is 7.56. The standard InChI is InChI=1S/C21H22FN3O3S/c1-3-12-25-20(27)18(13-19(26)23-15-9-5-4-8-14(15)22)29-21(25)24-16-10-6-7-11-17(16)28-2/h4-11,18H,3,12-13H2,1-2H3,(H,23,26)/t18-/m0/s1. The Morgan fingerprint density at radius 2 is 1.97 bits per heavy atom. The number of benzene rings is 2. The minimum absolute atomic E-state index is 0.0665. The van der Waals surface area contributed by atoms with Gasteiger partial charge < -0.3 is 10.1 Å². The first-order valence-corrected chi connectivity index (χ1v) is 10.2. The summed E-state index contributed by atoms with van der Waals surface area (Å²) in [5.74, 6) is -0.507. The number of nitrogens with zero attached hydrogens (tertiary/aromatic N) is 2. The number of ether oxygens (including phenoxy) is 1. The average Bonchev–Trinajstić information content (AvgIpc) is 2.99. The molecular formula is C21H22FN3O3S. The van der Waals surface area contributed by atoms with Crippen LogP contribution in [0.3, 0.4) is 0 Å². The number of halogens is 1. The molecule has 0 bridgehead atoms. The maximum atomic E-state index is 13.8. The van der Waals surface area contributed by atoms with Crippen LogP contribution in [0.25, 0.3) is 0 Å². The van der Waals surface area contributed by atoms with Crippen molar-refractivity contribution in [2.45, 2.75) is 25.0 Å². The highest BCUT2D eigenvalue weighted by Crippen LogP contribution is 2.34. The molecule has 0 radical (unpaired) electrons. The number of amidine groups is 1. The van der Waals surface area contributed by atoms with Crippen molar-refractivity contribution < 1.29 is 18.7 Å². The van der Waals surface area contributed by atoms with Crippen molar-refractivity contribution in [3.05, 3.63) is 54.3 Å². The molecule has 2 aromatic carbocycles. The summed E-state index contributed by atoms with van der Waals surface area (Å²) in [6.45, 7) is 2.47. The third-order valence-corrected chi connectivity index (χ3v) is 5.46. The lowest BCUT2D eigenvalue weighted by atomic mass is 10.2. The fourth-order valence-electron chi connectivity index (χ4n) is 2.91. The fourth-order valence-corrected chi connectivity index (χ4v) is 4.09. The molecule has 0 unspecified atom stereocenters. The smallest absolute Gasteiger partial charge is 0.242 e. The van der Waals surface area contributed by atoms with Gasteiger partial charge in [-0.1, -0.05) is 43.0 Å². The summed E-state index contributed by atoms with van der Waals surface area (Å²) in [5.41, 5.74) is 0.712. The van der Waals surface area contributed by atoms with Gasteiger partial charge in [-0.05, 0) is 30.7 Å². The van der Waals surface area contributed by atoms with E-state index in [4.69, 9.17) is 4.74 Å². The van der Waals surface area contributed by atoms with E-state index in [0.717, 1.165) is 6.42 Å². The number of para-hydroxylation sites is 3. The average molecular weight is 415 g/mol. The van der Waals surface area contributed by atoms with Crippen LogP contribution in [0.15, 0.2) is 53.5 Å². The van der Waals surface area contributed by atoms with Crippen LogP contribution in [0.2, 0.25) is 0 Å². The molecule has 1 fully saturated rings. The second-order valence-electron chi connectivity index (χ2n) is 6.39. The Morgan fingerprint density at radius 3 is 2.69 bits per heavy atom. The molecule has 1 aliphatic rings. The highest BCUT2D eigenvalue weighted by atomic mass is 32.2. The third-order valence-electron chi connectivity index (χ3n) is 4.29. The molecular weight excluding hydrogens is 393 g/mol. The van der Waals surface area contributed by atoms with Crippen molar-refractivity contribution in [1.82, 2.24) is 4.90 Å². The van der Waals surface area contributed by atoms with Crippen molar-refractivity contribution in [2.75, 3.05) is 19.0 Å². The Bertz CT molecular complexity index is 935. The molecule has 29 heavy (non-hydrogen) atoms. The van der Waals surface area contributed by atoms with Crippen LogP contribution >= 0.6 is 11.8 Å². The molecule has 3 rings (SSSR count). The molecule has 1 saturated heterocycles. The van der Waals surface area contributed by atoms with Crippen LogP contribution < -0.4 is 10.1 Å². The van der Waals surface area contributed by atoms with Gasteiger partial charge in [-0.25, -0.2) is 9.38 Å². The number of amides is 2. The summed E-state index contributed by atoms with van der Waals surface area (Å²) >= 11 is 1.24. The third kappa shape index (κ3) is 4.95. The van der Waals surface area contributed by atoms with E-state index >= 15 is 0 Å². The van der Waals surface area contributed by atoms with Gasteiger partial charge in [0.2, 0.25) is 11.8 Å². The lowest BCUT2D eigenvalue weighted by molar-refractivity contribution is -0.128. The number of rotatable bonds is 7. The molecule has 0 spiro atoms. The zero-order valence-corrected chi connectivity index (χ0v) is 17.0. The summed E-state index contributed by atoms with van der Waals surface area (Å²) in [7, 11) is 1.56. The molecule has 2 amide bonds.